The van der Waals surface area contributed by atoms with Gasteiger partial charge in [0.05, 0.1) is 12.1 Å². The molecule has 3 aromatic rings. The molecule has 0 radical (unpaired) electrons. The van der Waals surface area contributed by atoms with Crippen molar-refractivity contribution in [1.29, 1.82) is 0 Å². The number of hydrogen-bond donors (Lipinski definition) is 4. The van der Waals surface area contributed by atoms with E-state index < -0.39 is 0 Å². The molecule has 0 saturated heterocycles. The third-order valence-electron chi connectivity index (χ3n) is 4.83. The Kier molecular flexibility index (Phi) is 6.29. The number of hydrogen-bond acceptors (Lipinski definition) is 5. The number of amides is 1. The summed E-state index contributed by atoms with van der Waals surface area (Å²) in [6.07, 6.45) is 1.65. The van der Waals surface area contributed by atoms with Crippen molar-refractivity contribution in [2.75, 3.05) is 11.1 Å². The molecule has 2 aromatic heterocycles. The van der Waals surface area contributed by atoms with Gasteiger partial charge in [0.1, 0.15) is 5.82 Å². The van der Waals surface area contributed by atoms with Crippen molar-refractivity contribution in [3.63, 3.8) is 0 Å². The second kappa shape index (κ2) is 9.05. The van der Waals surface area contributed by atoms with Crippen LogP contribution in [0.1, 0.15) is 27.9 Å². The fourth-order valence-corrected chi connectivity index (χ4v) is 3.07. The zero-order valence-electron chi connectivity index (χ0n) is 16.6. The maximum atomic E-state index is 12.4. The highest BCUT2D eigenvalue weighted by molar-refractivity contribution is 5.79. The number of nitrogens with zero attached hydrogens (tertiary/aromatic N) is 1. The maximum absolute atomic E-state index is 12.4. The van der Waals surface area contributed by atoms with Crippen LogP contribution in [0.2, 0.25) is 0 Å². The highest BCUT2D eigenvalue weighted by Crippen LogP contribution is 2.16. The van der Waals surface area contributed by atoms with Crippen LogP contribution in [0.25, 0.3) is 0 Å². The van der Waals surface area contributed by atoms with E-state index in [4.69, 9.17) is 5.73 Å². The monoisotopic (exact) mass is 391 g/mol. The summed E-state index contributed by atoms with van der Waals surface area (Å²) in [5, 5.41) is 6.17. The zero-order chi connectivity index (χ0) is 20.8. The van der Waals surface area contributed by atoms with Gasteiger partial charge in [0.25, 0.3) is 5.56 Å². The van der Waals surface area contributed by atoms with Crippen LogP contribution in [0.3, 0.4) is 0 Å². The van der Waals surface area contributed by atoms with E-state index in [9.17, 15) is 9.59 Å². The second-order valence-electron chi connectivity index (χ2n) is 6.91. The van der Waals surface area contributed by atoms with E-state index in [1.807, 2.05) is 50.2 Å². The van der Waals surface area contributed by atoms with Gasteiger partial charge in [0.15, 0.2) is 0 Å². The maximum Gasteiger partial charge on any atom is 0.252 e. The topological polar surface area (TPSA) is 113 Å². The molecular weight excluding hydrogens is 366 g/mol. The van der Waals surface area contributed by atoms with Crippen LogP contribution in [-0.4, -0.2) is 15.9 Å². The van der Waals surface area contributed by atoms with Crippen LogP contribution >= 0.6 is 0 Å². The number of carbonyl (C=O) groups excluding carboxylic acids is 1. The highest BCUT2D eigenvalue weighted by Gasteiger charge is 2.13. The molecule has 0 fully saturated rings. The van der Waals surface area contributed by atoms with Crippen molar-refractivity contribution in [3.05, 3.63) is 87.0 Å². The normalized spacial score (nSPS) is 10.6. The van der Waals surface area contributed by atoms with E-state index in [0.717, 1.165) is 28.1 Å². The molecule has 3 rings (SSSR count). The van der Waals surface area contributed by atoms with E-state index in [1.54, 1.807) is 12.3 Å². The molecule has 0 atom stereocenters. The van der Waals surface area contributed by atoms with Gasteiger partial charge in [-0.3, -0.25) is 9.59 Å². The molecule has 2 heterocycles. The molecule has 0 bridgehead atoms. The van der Waals surface area contributed by atoms with Gasteiger partial charge < -0.3 is 21.4 Å². The van der Waals surface area contributed by atoms with Crippen molar-refractivity contribution < 1.29 is 4.79 Å². The van der Waals surface area contributed by atoms with E-state index in [0.29, 0.717) is 24.5 Å². The van der Waals surface area contributed by atoms with E-state index in [2.05, 4.69) is 20.6 Å². The van der Waals surface area contributed by atoms with Gasteiger partial charge in [-0.25, -0.2) is 4.98 Å². The van der Waals surface area contributed by atoms with E-state index in [1.165, 1.54) is 0 Å². The standard InChI is InChI=1S/C22H25N5O2/c1-14-18(10-21(28)25-12-17-8-9-20(23)27-15(17)2)22(29)26-13-19(14)24-11-16-6-4-3-5-7-16/h3-9,13,24H,10-12H2,1-2H3,(H2,23,27)(H,25,28)(H,26,29). The number of aryl methyl sites for hydroxylation is 1. The van der Waals surface area contributed by atoms with Gasteiger partial charge in [-0.2, -0.15) is 0 Å². The van der Waals surface area contributed by atoms with Crippen LogP contribution in [0.5, 0.6) is 0 Å². The average Bonchev–Trinajstić information content (AvgIpc) is 2.70. The fraction of sp³-hybridized carbons (Fsp3) is 0.227. The van der Waals surface area contributed by atoms with Gasteiger partial charge in [0.2, 0.25) is 5.91 Å². The summed E-state index contributed by atoms with van der Waals surface area (Å²) < 4.78 is 0. The summed E-state index contributed by atoms with van der Waals surface area (Å²) >= 11 is 0. The van der Waals surface area contributed by atoms with Crippen molar-refractivity contribution in [2.45, 2.75) is 33.4 Å². The van der Waals surface area contributed by atoms with Crippen molar-refractivity contribution >= 4 is 17.4 Å². The Balaban J connectivity index is 1.66. The molecule has 0 aliphatic rings. The minimum atomic E-state index is -0.256. The van der Waals surface area contributed by atoms with Crippen molar-refractivity contribution in [2.24, 2.45) is 0 Å². The summed E-state index contributed by atoms with van der Waals surface area (Å²) in [5.41, 5.74) is 10.2. The molecule has 5 N–H and O–H groups in total. The number of aromatic amines is 1. The number of benzene rings is 1. The summed E-state index contributed by atoms with van der Waals surface area (Å²) in [6.45, 7) is 4.65. The first-order valence-electron chi connectivity index (χ1n) is 9.41. The first-order valence-corrected chi connectivity index (χ1v) is 9.41. The predicted molar refractivity (Wildman–Crippen MR) is 115 cm³/mol. The summed E-state index contributed by atoms with van der Waals surface area (Å²) in [7, 11) is 0. The number of nitrogens with two attached hydrogens (primary N) is 1. The largest absolute Gasteiger partial charge is 0.384 e. The van der Waals surface area contributed by atoms with Crippen LogP contribution in [0.4, 0.5) is 11.5 Å². The number of anilines is 2. The number of carbonyl (C=O) groups is 1. The molecular formula is C22H25N5O2. The molecule has 7 nitrogen and oxygen atoms in total. The van der Waals surface area contributed by atoms with Crippen LogP contribution in [0, 0.1) is 13.8 Å². The number of H-pyrrole nitrogens is 1. The number of pyridine rings is 2. The van der Waals surface area contributed by atoms with Crippen LogP contribution in [0.15, 0.2) is 53.5 Å². The molecule has 0 aliphatic carbocycles. The van der Waals surface area contributed by atoms with Gasteiger partial charge in [0, 0.05) is 30.5 Å². The Morgan fingerprint density at radius 3 is 2.59 bits per heavy atom. The molecule has 150 valence electrons. The lowest BCUT2D eigenvalue weighted by atomic mass is 10.1. The quantitative estimate of drug-likeness (QED) is 0.494. The van der Waals surface area contributed by atoms with E-state index >= 15 is 0 Å². The number of rotatable bonds is 7. The number of aromatic nitrogens is 2. The average molecular weight is 391 g/mol. The number of nitrogens with one attached hydrogen (secondary N) is 3. The predicted octanol–water partition coefficient (Wildman–Crippen LogP) is 2.44. The summed E-state index contributed by atoms with van der Waals surface area (Å²) in [4.78, 5) is 31.6. The van der Waals surface area contributed by atoms with Gasteiger partial charge in [-0.1, -0.05) is 36.4 Å². The van der Waals surface area contributed by atoms with Gasteiger partial charge in [-0.15, -0.1) is 0 Å². The molecule has 0 spiro atoms. The molecule has 7 heteroatoms. The smallest absolute Gasteiger partial charge is 0.252 e. The molecule has 1 aromatic carbocycles. The number of nitrogen functional groups attached to an aromatic ring is 1. The Labute approximate surface area is 169 Å². The minimum Gasteiger partial charge on any atom is -0.384 e. The lowest BCUT2D eigenvalue weighted by molar-refractivity contribution is -0.120. The fourth-order valence-electron chi connectivity index (χ4n) is 3.07. The third-order valence-corrected chi connectivity index (χ3v) is 4.83. The lowest BCUT2D eigenvalue weighted by Crippen LogP contribution is -2.28. The first-order chi connectivity index (χ1) is 13.9. The molecule has 0 aliphatic heterocycles. The Hall–Kier alpha value is -3.61. The third kappa shape index (κ3) is 5.22. The molecule has 29 heavy (non-hydrogen) atoms. The Bertz CT molecular complexity index is 1060. The van der Waals surface area contributed by atoms with E-state index in [-0.39, 0.29) is 17.9 Å². The van der Waals surface area contributed by atoms with Crippen LogP contribution in [-0.2, 0) is 24.3 Å². The Morgan fingerprint density at radius 2 is 1.86 bits per heavy atom. The molecule has 0 saturated carbocycles. The summed E-state index contributed by atoms with van der Waals surface area (Å²) in [5.74, 6) is 0.217. The van der Waals surface area contributed by atoms with Gasteiger partial charge in [-0.05, 0) is 36.6 Å². The van der Waals surface area contributed by atoms with Crippen LogP contribution < -0.4 is 21.9 Å². The zero-order valence-corrected chi connectivity index (χ0v) is 16.6. The minimum absolute atomic E-state index is 0.00344. The summed E-state index contributed by atoms with van der Waals surface area (Å²) in [6, 6.07) is 13.5. The molecule has 1 amide bonds. The van der Waals surface area contributed by atoms with Gasteiger partial charge >= 0.3 is 0 Å². The molecule has 0 unspecified atom stereocenters. The Morgan fingerprint density at radius 1 is 1.10 bits per heavy atom. The van der Waals surface area contributed by atoms with Crippen molar-refractivity contribution in [1.82, 2.24) is 15.3 Å². The second-order valence-corrected chi connectivity index (χ2v) is 6.91. The first kappa shape index (κ1) is 20.1. The highest BCUT2D eigenvalue weighted by atomic mass is 16.2. The van der Waals surface area contributed by atoms with Crippen molar-refractivity contribution in [3.8, 4) is 0 Å². The SMILES string of the molecule is Cc1nc(N)ccc1CNC(=O)Cc1c(C)c(NCc2ccccc2)c[nH]c1=O. The lowest BCUT2D eigenvalue weighted by Gasteiger charge is -2.13.